The van der Waals surface area contributed by atoms with E-state index in [1.165, 1.54) is 0 Å². The zero-order chi connectivity index (χ0) is 16.3. The molecule has 5 nitrogen and oxygen atoms in total. The Bertz CT molecular complexity index is 635. The molecule has 22 heavy (non-hydrogen) atoms. The highest BCUT2D eigenvalue weighted by Crippen LogP contribution is 2.25. The molecule has 0 heterocycles. The number of hydrogen-bond donors (Lipinski definition) is 2. The molecule has 0 unspecified atom stereocenters. The van der Waals surface area contributed by atoms with Crippen molar-refractivity contribution in [2.45, 2.75) is 37.5 Å². The van der Waals surface area contributed by atoms with Crippen LogP contribution in [0.1, 0.15) is 31.2 Å². The number of aliphatic carboxylic acids is 1. The van der Waals surface area contributed by atoms with Gasteiger partial charge >= 0.3 is 5.97 Å². The SMILES string of the molecule is O=C(O)C1CCC(NS(=O)(=O)Cc2cc(Cl)cc(Cl)c2)CC1. The molecule has 1 aliphatic carbocycles. The fourth-order valence-corrected chi connectivity index (χ4v) is 4.67. The van der Waals surface area contributed by atoms with E-state index in [0.717, 1.165) is 0 Å². The number of carbonyl (C=O) groups is 1. The van der Waals surface area contributed by atoms with Gasteiger partial charge in [-0.25, -0.2) is 13.1 Å². The van der Waals surface area contributed by atoms with Crippen LogP contribution < -0.4 is 4.72 Å². The predicted molar refractivity (Wildman–Crippen MR) is 85.6 cm³/mol. The fraction of sp³-hybridized carbons (Fsp3) is 0.500. The topological polar surface area (TPSA) is 83.5 Å². The minimum absolute atomic E-state index is 0.202. The van der Waals surface area contributed by atoms with Crippen molar-refractivity contribution in [2.24, 2.45) is 5.92 Å². The summed E-state index contributed by atoms with van der Waals surface area (Å²) < 4.78 is 27.0. The van der Waals surface area contributed by atoms with Crippen LogP contribution in [0.3, 0.4) is 0 Å². The summed E-state index contributed by atoms with van der Waals surface area (Å²) in [6.45, 7) is 0. The van der Waals surface area contributed by atoms with Crippen LogP contribution in [0.5, 0.6) is 0 Å². The van der Waals surface area contributed by atoms with E-state index in [4.69, 9.17) is 28.3 Å². The molecule has 1 fully saturated rings. The molecule has 1 aromatic carbocycles. The van der Waals surface area contributed by atoms with Gasteiger partial charge in [-0.3, -0.25) is 4.79 Å². The standard InChI is InChI=1S/C14H17Cl2NO4S/c15-11-5-9(6-12(16)7-11)8-22(20,21)17-13-3-1-10(2-4-13)14(18)19/h5-7,10,13,17H,1-4,8H2,(H,18,19). The monoisotopic (exact) mass is 365 g/mol. The van der Waals surface area contributed by atoms with E-state index < -0.39 is 16.0 Å². The second kappa shape index (κ2) is 7.17. The van der Waals surface area contributed by atoms with Crippen LogP contribution in [-0.4, -0.2) is 25.5 Å². The van der Waals surface area contributed by atoms with Crippen molar-refractivity contribution >= 4 is 39.2 Å². The Morgan fingerprint density at radius 3 is 2.18 bits per heavy atom. The number of nitrogens with one attached hydrogen (secondary N) is 1. The quantitative estimate of drug-likeness (QED) is 0.839. The van der Waals surface area contributed by atoms with Gasteiger partial charge in [-0.2, -0.15) is 0 Å². The van der Waals surface area contributed by atoms with Crippen molar-refractivity contribution in [1.82, 2.24) is 4.72 Å². The number of rotatable bonds is 5. The van der Waals surface area contributed by atoms with Crippen LogP contribution in [0.2, 0.25) is 10.0 Å². The summed E-state index contributed by atoms with van der Waals surface area (Å²) in [6, 6.07) is 4.46. The van der Waals surface area contributed by atoms with Gasteiger partial charge in [0.2, 0.25) is 10.0 Å². The Kier molecular flexibility index (Phi) is 5.71. The lowest BCUT2D eigenvalue weighted by Gasteiger charge is -2.26. The predicted octanol–water partition coefficient (Wildman–Crippen LogP) is 3.06. The number of carboxylic acids is 1. The Hall–Kier alpha value is -0.820. The van der Waals surface area contributed by atoms with Crippen molar-refractivity contribution in [1.29, 1.82) is 0 Å². The first-order chi connectivity index (χ1) is 10.2. The molecule has 0 radical (unpaired) electrons. The largest absolute Gasteiger partial charge is 0.481 e. The van der Waals surface area contributed by atoms with Crippen molar-refractivity contribution in [3.8, 4) is 0 Å². The molecule has 2 rings (SSSR count). The van der Waals surface area contributed by atoms with Crippen LogP contribution in [-0.2, 0) is 20.6 Å². The maximum Gasteiger partial charge on any atom is 0.306 e. The zero-order valence-corrected chi connectivity index (χ0v) is 14.1. The minimum atomic E-state index is -3.52. The molecular weight excluding hydrogens is 349 g/mol. The molecule has 1 saturated carbocycles. The average molecular weight is 366 g/mol. The molecule has 1 aliphatic rings. The van der Waals surface area contributed by atoms with E-state index in [0.29, 0.717) is 41.3 Å². The molecule has 1 aromatic rings. The smallest absolute Gasteiger partial charge is 0.306 e. The van der Waals surface area contributed by atoms with Crippen molar-refractivity contribution in [3.05, 3.63) is 33.8 Å². The fourth-order valence-electron chi connectivity index (χ4n) is 2.67. The van der Waals surface area contributed by atoms with Crippen LogP contribution in [0.25, 0.3) is 0 Å². The molecule has 2 N–H and O–H groups in total. The van der Waals surface area contributed by atoms with E-state index in [2.05, 4.69) is 4.72 Å². The summed E-state index contributed by atoms with van der Waals surface area (Å²) in [7, 11) is -3.52. The van der Waals surface area contributed by atoms with E-state index >= 15 is 0 Å². The highest BCUT2D eigenvalue weighted by molar-refractivity contribution is 7.88. The molecule has 0 aromatic heterocycles. The maximum atomic E-state index is 12.2. The first-order valence-corrected chi connectivity index (χ1v) is 9.34. The number of sulfonamides is 1. The lowest BCUT2D eigenvalue weighted by atomic mass is 9.87. The molecule has 0 saturated heterocycles. The van der Waals surface area contributed by atoms with Crippen molar-refractivity contribution < 1.29 is 18.3 Å². The summed E-state index contributed by atoms with van der Waals surface area (Å²) >= 11 is 11.7. The van der Waals surface area contributed by atoms with E-state index in [1.54, 1.807) is 18.2 Å². The number of hydrogen-bond acceptors (Lipinski definition) is 3. The molecule has 8 heteroatoms. The highest BCUT2D eigenvalue weighted by Gasteiger charge is 2.28. The second-order valence-electron chi connectivity index (χ2n) is 5.54. The number of benzene rings is 1. The van der Waals surface area contributed by atoms with Crippen molar-refractivity contribution in [3.63, 3.8) is 0 Å². The first kappa shape index (κ1) is 17.5. The Balaban J connectivity index is 1.96. The third-order valence-electron chi connectivity index (χ3n) is 3.70. The number of carboxylic acid groups (broad SMARTS) is 1. The van der Waals surface area contributed by atoms with Gasteiger partial charge in [0.05, 0.1) is 11.7 Å². The maximum absolute atomic E-state index is 12.2. The van der Waals surface area contributed by atoms with E-state index in [1.807, 2.05) is 0 Å². The average Bonchev–Trinajstić information content (AvgIpc) is 2.36. The third-order valence-corrected chi connectivity index (χ3v) is 5.54. The molecule has 0 aliphatic heterocycles. The van der Waals surface area contributed by atoms with Crippen LogP contribution in [0.4, 0.5) is 0 Å². The van der Waals surface area contributed by atoms with Gasteiger partial charge in [0.1, 0.15) is 0 Å². The van der Waals surface area contributed by atoms with Gasteiger partial charge in [-0.05, 0) is 49.4 Å². The van der Waals surface area contributed by atoms with Gasteiger partial charge in [0.25, 0.3) is 0 Å². The van der Waals surface area contributed by atoms with E-state index in [9.17, 15) is 13.2 Å². The Labute approximate surface area is 139 Å². The summed E-state index contributed by atoms with van der Waals surface area (Å²) in [4.78, 5) is 10.9. The lowest BCUT2D eigenvalue weighted by molar-refractivity contribution is -0.142. The minimum Gasteiger partial charge on any atom is -0.481 e. The zero-order valence-electron chi connectivity index (χ0n) is 11.8. The van der Waals surface area contributed by atoms with Crippen molar-refractivity contribution in [2.75, 3.05) is 0 Å². The van der Waals surface area contributed by atoms with Gasteiger partial charge in [-0.1, -0.05) is 23.2 Å². The normalized spacial score (nSPS) is 22.5. The van der Waals surface area contributed by atoms with Gasteiger partial charge < -0.3 is 5.11 Å². The Morgan fingerprint density at radius 2 is 1.68 bits per heavy atom. The van der Waals surface area contributed by atoms with Gasteiger partial charge in [0, 0.05) is 16.1 Å². The van der Waals surface area contributed by atoms with E-state index in [-0.39, 0.29) is 17.7 Å². The summed E-state index contributed by atoms with van der Waals surface area (Å²) in [5, 5.41) is 9.72. The molecular formula is C14H17Cl2NO4S. The third kappa shape index (κ3) is 5.12. The number of halogens is 2. The first-order valence-electron chi connectivity index (χ1n) is 6.93. The molecule has 122 valence electrons. The highest BCUT2D eigenvalue weighted by atomic mass is 35.5. The molecule has 0 bridgehead atoms. The summed E-state index contributed by atoms with van der Waals surface area (Å²) in [5.41, 5.74) is 0.518. The summed E-state index contributed by atoms with van der Waals surface area (Å²) in [5.74, 6) is -1.38. The van der Waals surface area contributed by atoms with Crippen LogP contribution in [0, 0.1) is 5.92 Å². The van der Waals surface area contributed by atoms with Gasteiger partial charge in [-0.15, -0.1) is 0 Å². The van der Waals surface area contributed by atoms with Crippen LogP contribution >= 0.6 is 23.2 Å². The van der Waals surface area contributed by atoms with Crippen LogP contribution in [0.15, 0.2) is 18.2 Å². The Morgan fingerprint density at radius 1 is 1.14 bits per heavy atom. The molecule has 0 amide bonds. The second-order valence-corrected chi connectivity index (χ2v) is 8.17. The summed E-state index contributed by atoms with van der Waals surface area (Å²) in [6.07, 6.45) is 2.05. The lowest BCUT2D eigenvalue weighted by Crippen LogP contribution is -2.39. The molecule has 0 spiro atoms. The molecule has 0 atom stereocenters. The van der Waals surface area contributed by atoms with Gasteiger partial charge in [0.15, 0.2) is 0 Å².